The summed E-state index contributed by atoms with van der Waals surface area (Å²) >= 11 is 8.30. The van der Waals surface area contributed by atoms with Crippen LogP contribution in [-0.2, 0) is 6.54 Å². The molecule has 1 aliphatic heterocycles. The second-order valence-corrected chi connectivity index (χ2v) is 7.36. The second-order valence-electron chi connectivity index (χ2n) is 5.58. The highest BCUT2D eigenvalue weighted by Crippen LogP contribution is 2.31. The van der Waals surface area contributed by atoms with Crippen LogP contribution in [0.2, 0.25) is 5.02 Å². The minimum absolute atomic E-state index is 0.851. The van der Waals surface area contributed by atoms with Crippen molar-refractivity contribution in [3.63, 3.8) is 0 Å². The van der Waals surface area contributed by atoms with Gasteiger partial charge in [-0.25, -0.2) is 0 Å². The van der Waals surface area contributed by atoms with Gasteiger partial charge in [-0.15, -0.1) is 11.3 Å². The van der Waals surface area contributed by atoms with Gasteiger partial charge in [0.25, 0.3) is 0 Å². The predicted molar refractivity (Wildman–Crippen MR) is 93.9 cm³/mol. The molecule has 112 valence electrons. The molecule has 3 rings (SSSR count). The zero-order valence-electron chi connectivity index (χ0n) is 12.4. The molecule has 1 aromatic heterocycles. The number of aryl methyl sites for hydroxylation is 1. The van der Waals surface area contributed by atoms with Crippen molar-refractivity contribution in [2.24, 2.45) is 0 Å². The van der Waals surface area contributed by atoms with E-state index in [9.17, 15) is 0 Å². The summed E-state index contributed by atoms with van der Waals surface area (Å²) in [6.07, 6.45) is 3.89. The molecule has 21 heavy (non-hydrogen) atoms. The third kappa shape index (κ3) is 3.72. The standard InChI is InChI=1S/C17H21ClN2S/c1-13-5-7-15(21-13)12-19-14-6-8-17(16(18)11-14)20-9-3-2-4-10-20/h5-8,11,19H,2-4,9-10,12H2,1H3. The number of nitrogens with zero attached hydrogens (tertiary/aromatic N) is 1. The average molecular weight is 321 g/mol. The van der Waals surface area contributed by atoms with Crippen molar-refractivity contribution >= 4 is 34.3 Å². The number of hydrogen-bond acceptors (Lipinski definition) is 3. The predicted octanol–water partition coefficient (Wildman–Crippen LogP) is 5.31. The van der Waals surface area contributed by atoms with Crippen molar-refractivity contribution in [2.45, 2.75) is 32.7 Å². The normalized spacial score (nSPS) is 15.2. The van der Waals surface area contributed by atoms with Gasteiger partial charge >= 0.3 is 0 Å². The molecule has 0 radical (unpaired) electrons. The van der Waals surface area contributed by atoms with Crippen molar-refractivity contribution in [3.8, 4) is 0 Å². The number of thiophene rings is 1. The van der Waals surface area contributed by atoms with Crippen LogP contribution in [0, 0.1) is 6.92 Å². The van der Waals surface area contributed by atoms with E-state index in [0.717, 1.165) is 30.3 Å². The molecule has 2 nitrogen and oxygen atoms in total. The van der Waals surface area contributed by atoms with Crippen LogP contribution in [0.5, 0.6) is 0 Å². The van der Waals surface area contributed by atoms with Crippen molar-refractivity contribution in [1.82, 2.24) is 0 Å². The lowest BCUT2D eigenvalue weighted by Gasteiger charge is -2.29. The molecule has 0 atom stereocenters. The summed E-state index contributed by atoms with van der Waals surface area (Å²) in [4.78, 5) is 5.10. The molecule has 1 saturated heterocycles. The summed E-state index contributed by atoms with van der Waals surface area (Å²) in [5, 5.41) is 4.30. The lowest BCUT2D eigenvalue weighted by atomic mass is 10.1. The maximum absolute atomic E-state index is 6.47. The SMILES string of the molecule is Cc1ccc(CNc2ccc(N3CCCCC3)c(Cl)c2)s1. The summed E-state index contributed by atoms with van der Waals surface area (Å²) in [7, 11) is 0. The lowest BCUT2D eigenvalue weighted by Crippen LogP contribution is -2.29. The van der Waals surface area contributed by atoms with E-state index in [1.165, 1.54) is 34.7 Å². The van der Waals surface area contributed by atoms with Gasteiger partial charge in [0.1, 0.15) is 0 Å². The Balaban J connectivity index is 1.65. The quantitative estimate of drug-likeness (QED) is 0.821. The van der Waals surface area contributed by atoms with E-state index in [2.05, 4.69) is 41.4 Å². The van der Waals surface area contributed by atoms with Crippen molar-refractivity contribution in [3.05, 3.63) is 45.1 Å². The van der Waals surface area contributed by atoms with Crippen LogP contribution in [0.25, 0.3) is 0 Å². The largest absolute Gasteiger partial charge is 0.380 e. The fraction of sp³-hybridized carbons (Fsp3) is 0.412. The van der Waals surface area contributed by atoms with Gasteiger partial charge in [-0.1, -0.05) is 11.6 Å². The highest BCUT2D eigenvalue weighted by molar-refractivity contribution is 7.11. The van der Waals surface area contributed by atoms with Crippen LogP contribution < -0.4 is 10.2 Å². The number of nitrogens with one attached hydrogen (secondary N) is 1. The first-order valence-corrected chi connectivity index (χ1v) is 8.75. The van der Waals surface area contributed by atoms with Gasteiger partial charge in [-0.3, -0.25) is 0 Å². The summed E-state index contributed by atoms with van der Waals surface area (Å²) in [5.74, 6) is 0. The summed E-state index contributed by atoms with van der Waals surface area (Å²) in [6, 6.07) is 10.7. The fourth-order valence-electron chi connectivity index (χ4n) is 2.78. The van der Waals surface area contributed by atoms with Crippen LogP contribution in [-0.4, -0.2) is 13.1 Å². The minimum Gasteiger partial charge on any atom is -0.380 e. The second kappa shape index (κ2) is 6.71. The Morgan fingerprint density at radius 3 is 2.62 bits per heavy atom. The first-order chi connectivity index (χ1) is 10.2. The van der Waals surface area contributed by atoms with Gasteiger partial charge in [0.15, 0.2) is 0 Å². The zero-order chi connectivity index (χ0) is 14.7. The Labute approximate surface area is 135 Å². The highest BCUT2D eigenvalue weighted by Gasteiger charge is 2.13. The van der Waals surface area contributed by atoms with Crippen LogP contribution >= 0.6 is 22.9 Å². The molecule has 2 heterocycles. The molecule has 1 aliphatic rings. The fourth-order valence-corrected chi connectivity index (χ4v) is 3.91. The molecule has 0 saturated carbocycles. The molecule has 0 bridgehead atoms. The number of piperidine rings is 1. The van der Waals surface area contributed by atoms with E-state index in [4.69, 9.17) is 11.6 Å². The molecule has 0 spiro atoms. The molecule has 2 aromatic rings. The first-order valence-electron chi connectivity index (χ1n) is 7.56. The van der Waals surface area contributed by atoms with E-state index in [0.29, 0.717) is 0 Å². The Hall–Kier alpha value is -1.19. The number of anilines is 2. The van der Waals surface area contributed by atoms with Crippen LogP contribution in [0.3, 0.4) is 0 Å². The third-order valence-corrected chi connectivity index (χ3v) is 5.21. The van der Waals surface area contributed by atoms with Gasteiger partial charge in [-0.05, 0) is 56.5 Å². The number of halogens is 1. The van der Waals surface area contributed by atoms with Crippen LogP contribution in [0.15, 0.2) is 30.3 Å². The number of rotatable bonds is 4. The molecule has 0 aliphatic carbocycles. The molecule has 1 N–H and O–H groups in total. The Bertz CT molecular complexity index is 603. The average Bonchev–Trinajstić information content (AvgIpc) is 2.92. The molecular formula is C17H21ClN2S. The van der Waals surface area contributed by atoms with Crippen LogP contribution in [0.4, 0.5) is 11.4 Å². The number of hydrogen-bond donors (Lipinski definition) is 1. The van der Waals surface area contributed by atoms with Gasteiger partial charge in [0, 0.05) is 35.1 Å². The third-order valence-electron chi connectivity index (χ3n) is 3.91. The van der Waals surface area contributed by atoms with Gasteiger partial charge < -0.3 is 10.2 Å². The van der Waals surface area contributed by atoms with Crippen molar-refractivity contribution in [2.75, 3.05) is 23.3 Å². The Kier molecular flexibility index (Phi) is 4.71. The maximum atomic E-state index is 6.47. The number of benzene rings is 1. The van der Waals surface area contributed by atoms with Gasteiger partial charge in [-0.2, -0.15) is 0 Å². The topological polar surface area (TPSA) is 15.3 Å². The van der Waals surface area contributed by atoms with Crippen molar-refractivity contribution < 1.29 is 0 Å². The minimum atomic E-state index is 0.851. The summed E-state index contributed by atoms with van der Waals surface area (Å²) < 4.78 is 0. The van der Waals surface area contributed by atoms with Gasteiger partial charge in [0.2, 0.25) is 0 Å². The summed E-state index contributed by atoms with van der Waals surface area (Å²) in [6.45, 7) is 5.25. The molecule has 0 amide bonds. The molecule has 0 unspecified atom stereocenters. The molecular weight excluding hydrogens is 300 g/mol. The highest BCUT2D eigenvalue weighted by atomic mass is 35.5. The Morgan fingerprint density at radius 1 is 1.14 bits per heavy atom. The van der Waals surface area contributed by atoms with Crippen molar-refractivity contribution in [1.29, 1.82) is 0 Å². The molecule has 1 fully saturated rings. The first kappa shape index (κ1) is 14.7. The smallest absolute Gasteiger partial charge is 0.0660 e. The molecule has 4 heteroatoms. The lowest BCUT2D eigenvalue weighted by molar-refractivity contribution is 0.578. The van der Waals surface area contributed by atoms with Gasteiger partial charge in [0.05, 0.1) is 10.7 Å². The van der Waals surface area contributed by atoms with E-state index < -0.39 is 0 Å². The van der Waals surface area contributed by atoms with E-state index in [-0.39, 0.29) is 0 Å². The van der Waals surface area contributed by atoms with E-state index >= 15 is 0 Å². The summed E-state index contributed by atoms with van der Waals surface area (Å²) in [5.41, 5.74) is 2.26. The molecule has 1 aromatic carbocycles. The van der Waals surface area contributed by atoms with E-state index in [1.54, 1.807) is 0 Å². The van der Waals surface area contributed by atoms with E-state index in [1.807, 2.05) is 17.4 Å². The monoisotopic (exact) mass is 320 g/mol. The Morgan fingerprint density at radius 2 is 1.95 bits per heavy atom. The zero-order valence-corrected chi connectivity index (χ0v) is 13.9. The van der Waals surface area contributed by atoms with Crippen LogP contribution in [0.1, 0.15) is 29.0 Å². The maximum Gasteiger partial charge on any atom is 0.0660 e.